The van der Waals surface area contributed by atoms with Gasteiger partial charge in [0.1, 0.15) is 0 Å². The third kappa shape index (κ3) is 2.93. The van der Waals surface area contributed by atoms with E-state index in [0.717, 1.165) is 31.0 Å². The minimum absolute atomic E-state index is 0.947. The Morgan fingerprint density at radius 3 is 2.75 bits per heavy atom. The van der Waals surface area contributed by atoms with Gasteiger partial charge in [0.05, 0.1) is 0 Å². The van der Waals surface area contributed by atoms with Crippen molar-refractivity contribution in [2.24, 2.45) is 0 Å². The number of nitrogen functional groups attached to an aromatic ring is 1. The number of nitrogens with two attached hydrogens (primary N) is 1. The third-order valence-electron chi connectivity index (χ3n) is 3.76. The van der Waals surface area contributed by atoms with Crippen LogP contribution < -0.4 is 10.6 Å². The van der Waals surface area contributed by atoms with Crippen LogP contribution in [0.3, 0.4) is 0 Å². The molecule has 0 unspecified atom stereocenters. The van der Waals surface area contributed by atoms with Gasteiger partial charge in [0.2, 0.25) is 0 Å². The molecule has 0 aromatic heterocycles. The Balaban J connectivity index is 1.64. The van der Waals surface area contributed by atoms with Crippen molar-refractivity contribution in [1.82, 2.24) is 0 Å². The third-order valence-corrected chi connectivity index (χ3v) is 4.75. The van der Waals surface area contributed by atoms with E-state index in [1.165, 1.54) is 22.6 Å². The Kier molecular flexibility index (Phi) is 4.16. The molecular weight excluding hydrogens is 264 g/mol. The maximum absolute atomic E-state index is 6.09. The summed E-state index contributed by atoms with van der Waals surface area (Å²) in [6.07, 6.45) is 2.32. The van der Waals surface area contributed by atoms with Crippen molar-refractivity contribution >= 4 is 23.1 Å². The van der Waals surface area contributed by atoms with Crippen LogP contribution in [0.25, 0.3) is 0 Å². The zero-order valence-corrected chi connectivity index (χ0v) is 12.4. The number of fused-ring (bicyclic) bond motifs is 1. The maximum atomic E-state index is 6.09. The fraction of sp³-hybridized carbons (Fsp3) is 0.294. The molecule has 0 atom stereocenters. The van der Waals surface area contributed by atoms with Gasteiger partial charge in [-0.1, -0.05) is 24.3 Å². The van der Waals surface area contributed by atoms with E-state index in [9.17, 15) is 0 Å². The van der Waals surface area contributed by atoms with Crippen LogP contribution in [0, 0.1) is 0 Å². The molecular formula is C17H20N2S. The van der Waals surface area contributed by atoms with E-state index in [-0.39, 0.29) is 0 Å². The van der Waals surface area contributed by atoms with E-state index in [2.05, 4.69) is 47.4 Å². The van der Waals surface area contributed by atoms with Gasteiger partial charge in [-0.05, 0) is 42.7 Å². The number of hydrogen-bond donors (Lipinski definition) is 1. The van der Waals surface area contributed by atoms with E-state index in [0.29, 0.717) is 0 Å². The summed E-state index contributed by atoms with van der Waals surface area (Å²) >= 11 is 1.92. The highest BCUT2D eigenvalue weighted by Gasteiger charge is 2.17. The van der Waals surface area contributed by atoms with Gasteiger partial charge < -0.3 is 10.6 Å². The van der Waals surface area contributed by atoms with Gasteiger partial charge in [0, 0.05) is 35.1 Å². The Labute approximate surface area is 125 Å². The highest BCUT2D eigenvalue weighted by molar-refractivity contribution is 7.99. The number of anilines is 2. The molecule has 0 saturated heterocycles. The quantitative estimate of drug-likeness (QED) is 0.684. The molecule has 1 aliphatic rings. The molecule has 2 aromatic rings. The topological polar surface area (TPSA) is 29.3 Å². The summed E-state index contributed by atoms with van der Waals surface area (Å²) in [7, 11) is 0. The largest absolute Gasteiger partial charge is 0.398 e. The van der Waals surface area contributed by atoms with E-state index in [1.807, 2.05) is 17.8 Å². The normalized spacial score (nSPS) is 14.1. The number of rotatable bonds is 4. The van der Waals surface area contributed by atoms with Crippen molar-refractivity contribution in [2.45, 2.75) is 17.7 Å². The molecule has 0 spiro atoms. The monoisotopic (exact) mass is 284 g/mol. The summed E-state index contributed by atoms with van der Waals surface area (Å²) in [6.45, 7) is 2.22. The van der Waals surface area contributed by atoms with Gasteiger partial charge in [0.15, 0.2) is 0 Å². The van der Waals surface area contributed by atoms with Crippen molar-refractivity contribution < 1.29 is 0 Å². The van der Waals surface area contributed by atoms with Gasteiger partial charge in [-0.15, -0.1) is 11.8 Å². The maximum Gasteiger partial charge on any atom is 0.0419 e. The van der Waals surface area contributed by atoms with E-state index in [1.54, 1.807) is 0 Å². The molecule has 2 nitrogen and oxygen atoms in total. The van der Waals surface area contributed by atoms with Gasteiger partial charge in [-0.3, -0.25) is 0 Å². The van der Waals surface area contributed by atoms with Crippen LogP contribution in [-0.2, 0) is 6.42 Å². The van der Waals surface area contributed by atoms with Crippen LogP contribution in [0.1, 0.15) is 12.0 Å². The summed E-state index contributed by atoms with van der Waals surface area (Å²) < 4.78 is 0. The average molecular weight is 284 g/mol. The molecule has 0 fully saturated rings. The zero-order valence-electron chi connectivity index (χ0n) is 11.6. The molecule has 0 aliphatic carbocycles. The lowest BCUT2D eigenvalue weighted by Gasteiger charge is -2.32. The van der Waals surface area contributed by atoms with E-state index >= 15 is 0 Å². The summed E-state index contributed by atoms with van der Waals surface area (Å²) in [4.78, 5) is 3.82. The van der Waals surface area contributed by atoms with Crippen LogP contribution in [0.15, 0.2) is 53.4 Å². The van der Waals surface area contributed by atoms with Crippen molar-refractivity contribution in [3.63, 3.8) is 0 Å². The number of benzene rings is 2. The molecule has 20 heavy (non-hydrogen) atoms. The first-order chi connectivity index (χ1) is 9.84. The van der Waals surface area contributed by atoms with Gasteiger partial charge >= 0.3 is 0 Å². The smallest absolute Gasteiger partial charge is 0.0419 e. The molecule has 0 radical (unpaired) electrons. The molecule has 1 aliphatic heterocycles. The average Bonchev–Trinajstić information content (AvgIpc) is 2.49. The van der Waals surface area contributed by atoms with E-state index < -0.39 is 0 Å². The first-order valence-corrected chi connectivity index (χ1v) is 8.13. The molecule has 0 bridgehead atoms. The van der Waals surface area contributed by atoms with Crippen molar-refractivity contribution in [1.29, 1.82) is 0 Å². The SMILES string of the molecule is Nc1cccc2c1CCCN2CCSc1ccccc1. The van der Waals surface area contributed by atoms with E-state index in [4.69, 9.17) is 5.73 Å². The highest BCUT2D eigenvalue weighted by Crippen LogP contribution is 2.31. The van der Waals surface area contributed by atoms with Crippen LogP contribution in [-0.4, -0.2) is 18.8 Å². The Bertz CT molecular complexity index is 568. The molecule has 1 heterocycles. The van der Waals surface area contributed by atoms with Crippen LogP contribution >= 0.6 is 11.8 Å². The predicted octanol–water partition coefficient (Wildman–Crippen LogP) is 3.81. The number of thioether (sulfide) groups is 1. The van der Waals surface area contributed by atoms with Gasteiger partial charge in [-0.2, -0.15) is 0 Å². The molecule has 3 rings (SSSR count). The molecule has 2 aromatic carbocycles. The Hall–Kier alpha value is -1.61. The molecule has 2 N–H and O–H groups in total. The summed E-state index contributed by atoms with van der Waals surface area (Å²) in [5, 5.41) is 0. The van der Waals surface area contributed by atoms with Crippen molar-refractivity contribution in [3.05, 3.63) is 54.1 Å². The fourth-order valence-corrected chi connectivity index (χ4v) is 3.65. The first-order valence-electron chi connectivity index (χ1n) is 7.15. The summed E-state index contributed by atoms with van der Waals surface area (Å²) in [6, 6.07) is 16.9. The first kappa shape index (κ1) is 13.4. The second kappa shape index (κ2) is 6.23. The van der Waals surface area contributed by atoms with Crippen LogP contribution in [0.2, 0.25) is 0 Å². The predicted molar refractivity (Wildman–Crippen MR) is 88.6 cm³/mol. The minimum atomic E-state index is 0.947. The number of nitrogens with zero attached hydrogens (tertiary/aromatic N) is 1. The standard InChI is InChI=1S/C17H20N2S/c18-16-9-4-10-17-15(16)8-5-11-19(17)12-13-20-14-6-2-1-3-7-14/h1-4,6-7,9-10H,5,8,11-13,18H2. The van der Waals surface area contributed by atoms with Crippen LogP contribution in [0.5, 0.6) is 0 Å². The lowest BCUT2D eigenvalue weighted by atomic mass is 10.00. The van der Waals surface area contributed by atoms with Crippen molar-refractivity contribution in [2.75, 3.05) is 29.5 Å². The summed E-state index contributed by atoms with van der Waals surface area (Å²) in [5.41, 5.74) is 9.71. The Morgan fingerprint density at radius 2 is 1.90 bits per heavy atom. The molecule has 0 amide bonds. The van der Waals surface area contributed by atoms with Gasteiger partial charge in [0.25, 0.3) is 0 Å². The zero-order chi connectivity index (χ0) is 13.8. The van der Waals surface area contributed by atoms with Crippen molar-refractivity contribution in [3.8, 4) is 0 Å². The van der Waals surface area contributed by atoms with Crippen LogP contribution in [0.4, 0.5) is 11.4 Å². The fourth-order valence-electron chi connectivity index (χ4n) is 2.75. The highest BCUT2D eigenvalue weighted by atomic mass is 32.2. The minimum Gasteiger partial charge on any atom is -0.398 e. The number of hydrogen-bond acceptors (Lipinski definition) is 3. The molecule has 3 heteroatoms. The molecule has 0 saturated carbocycles. The lowest BCUT2D eigenvalue weighted by Crippen LogP contribution is -2.31. The summed E-state index contributed by atoms with van der Waals surface area (Å²) in [5.74, 6) is 1.11. The second-order valence-corrected chi connectivity index (χ2v) is 6.27. The Morgan fingerprint density at radius 1 is 1.05 bits per heavy atom. The lowest BCUT2D eigenvalue weighted by molar-refractivity contribution is 0.711. The van der Waals surface area contributed by atoms with Gasteiger partial charge in [-0.25, -0.2) is 0 Å². The molecule has 104 valence electrons. The second-order valence-electron chi connectivity index (χ2n) is 5.10.